The van der Waals surface area contributed by atoms with Crippen molar-refractivity contribution in [2.75, 3.05) is 27.7 Å². The fourth-order valence-electron chi connectivity index (χ4n) is 1.74. The highest BCUT2D eigenvalue weighted by Gasteiger charge is 2.43. The molecule has 1 aliphatic heterocycles. The molecule has 0 amide bonds. The van der Waals surface area contributed by atoms with Crippen molar-refractivity contribution >= 4 is 12.3 Å². The predicted octanol–water partition coefficient (Wildman–Crippen LogP) is 0.542. The Morgan fingerprint density at radius 1 is 1.57 bits per heavy atom. The highest BCUT2D eigenvalue weighted by atomic mass is 16.5. The van der Waals surface area contributed by atoms with Gasteiger partial charge in [-0.3, -0.25) is 0 Å². The van der Waals surface area contributed by atoms with Crippen LogP contribution in [-0.4, -0.2) is 49.1 Å². The molecule has 0 spiro atoms. The summed E-state index contributed by atoms with van der Waals surface area (Å²) in [5.41, 5.74) is 1.66. The number of quaternary nitrogens is 1. The smallest absolute Gasteiger partial charge is 0.400 e. The molecule has 0 aliphatic carbocycles. The standard InChI is InChI=1S/C10H18N2O2/c1-6-14-10(13)9-8(2)11(3)7-12(9,4)5/h7H,6H2,1-5H3/q+2. The minimum atomic E-state index is -0.226. The first-order valence-electron chi connectivity index (χ1n) is 4.71. The van der Waals surface area contributed by atoms with Crippen molar-refractivity contribution in [3.63, 3.8) is 0 Å². The second-order valence-corrected chi connectivity index (χ2v) is 3.92. The van der Waals surface area contributed by atoms with Gasteiger partial charge in [-0.2, -0.15) is 4.58 Å². The van der Waals surface area contributed by atoms with Gasteiger partial charge in [0.2, 0.25) is 0 Å². The summed E-state index contributed by atoms with van der Waals surface area (Å²) >= 11 is 0. The summed E-state index contributed by atoms with van der Waals surface area (Å²) in [6, 6.07) is 0. The van der Waals surface area contributed by atoms with Crippen molar-refractivity contribution in [3.05, 3.63) is 11.4 Å². The molecule has 1 aliphatic rings. The quantitative estimate of drug-likeness (QED) is 0.368. The summed E-state index contributed by atoms with van der Waals surface area (Å²) in [5, 5.41) is 0. The van der Waals surface area contributed by atoms with Crippen molar-refractivity contribution in [2.24, 2.45) is 0 Å². The number of nitrogens with zero attached hydrogens (tertiary/aromatic N) is 2. The summed E-state index contributed by atoms with van der Waals surface area (Å²) < 4.78 is 7.42. The Balaban J connectivity index is 3.05. The van der Waals surface area contributed by atoms with Crippen LogP contribution in [0.25, 0.3) is 0 Å². The van der Waals surface area contributed by atoms with Gasteiger partial charge in [-0.1, -0.05) is 0 Å². The molecule has 0 unspecified atom stereocenters. The lowest BCUT2D eigenvalue weighted by atomic mass is 10.3. The second kappa shape index (κ2) is 3.53. The molecule has 14 heavy (non-hydrogen) atoms. The van der Waals surface area contributed by atoms with Crippen LogP contribution in [0.2, 0.25) is 0 Å². The minimum absolute atomic E-state index is 0.226. The highest BCUT2D eigenvalue weighted by molar-refractivity contribution is 5.88. The van der Waals surface area contributed by atoms with Gasteiger partial charge in [0.15, 0.2) is 0 Å². The summed E-state index contributed by atoms with van der Waals surface area (Å²) in [6.45, 7) is 4.16. The second-order valence-electron chi connectivity index (χ2n) is 3.92. The number of allylic oxidation sites excluding steroid dienone is 1. The zero-order valence-corrected chi connectivity index (χ0v) is 9.50. The molecular weight excluding hydrogens is 180 g/mol. The van der Waals surface area contributed by atoms with E-state index in [1.165, 1.54) is 0 Å². The van der Waals surface area contributed by atoms with Gasteiger partial charge in [-0.25, -0.2) is 9.28 Å². The average Bonchev–Trinajstić information content (AvgIpc) is 2.21. The molecular formula is C10H18N2O2+2. The van der Waals surface area contributed by atoms with E-state index in [4.69, 9.17) is 4.74 Å². The SMILES string of the molecule is CCOC(=O)C1=C(C)[N+](C)=C[N+]1(C)C. The Morgan fingerprint density at radius 3 is 2.50 bits per heavy atom. The lowest BCUT2D eigenvalue weighted by Gasteiger charge is -2.16. The first-order valence-corrected chi connectivity index (χ1v) is 4.71. The molecule has 0 N–H and O–H groups in total. The van der Waals surface area contributed by atoms with Crippen LogP contribution in [0.15, 0.2) is 11.4 Å². The molecule has 0 radical (unpaired) electrons. The van der Waals surface area contributed by atoms with E-state index in [0.717, 1.165) is 5.70 Å². The normalized spacial score (nSPS) is 19.6. The Labute approximate surface area is 84.7 Å². The van der Waals surface area contributed by atoms with Crippen LogP contribution < -0.4 is 0 Å². The molecule has 1 rings (SSSR count). The third-order valence-electron chi connectivity index (χ3n) is 2.38. The van der Waals surface area contributed by atoms with Gasteiger partial charge in [0, 0.05) is 6.92 Å². The van der Waals surface area contributed by atoms with E-state index in [2.05, 4.69) is 0 Å². The zero-order valence-electron chi connectivity index (χ0n) is 9.50. The number of esters is 1. The maximum Gasteiger partial charge on any atom is 0.400 e. The average molecular weight is 198 g/mol. The first kappa shape index (κ1) is 10.9. The first-order chi connectivity index (χ1) is 6.40. The van der Waals surface area contributed by atoms with E-state index in [1.54, 1.807) is 0 Å². The number of rotatable bonds is 2. The molecule has 4 nitrogen and oxygen atoms in total. The third-order valence-corrected chi connectivity index (χ3v) is 2.38. The van der Waals surface area contributed by atoms with Crippen LogP contribution in [0, 0.1) is 0 Å². The van der Waals surface area contributed by atoms with E-state index in [-0.39, 0.29) is 5.97 Å². The Morgan fingerprint density at radius 2 is 2.14 bits per heavy atom. The van der Waals surface area contributed by atoms with Crippen molar-refractivity contribution in [1.29, 1.82) is 0 Å². The molecule has 1 heterocycles. The van der Waals surface area contributed by atoms with Gasteiger partial charge < -0.3 is 4.74 Å². The van der Waals surface area contributed by atoms with Gasteiger partial charge in [0.25, 0.3) is 11.4 Å². The van der Waals surface area contributed by atoms with E-state index in [0.29, 0.717) is 16.8 Å². The summed E-state index contributed by atoms with van der Waals surface area (Å²) in [6.07, 6.45) is 1.97. The van der Waals surface area contributed by atoms with Gasteiger partial charge >= 0.3 is 12.3 Å². The maximum atomic E-state index is 11.7. The lowest BCUT2D eigenvalue weighted by molar-refractivity contribution is -0.754. The molecule has 0 aromatic rings. The van der Waals surface area contributed by atoms with Crippen LogP contribution in [-0.2, 0) is 9.53 Å². The Bertz CT molecular complexity index is 327. The Kier molecular flexibility index (Phi) is 2.76. The molecule has 4 heteroatoms. The molecule has 0 aromatic carbocycles. The minimum Gasteiger partial charge on any atom is -0.458 e. The molecule has 0 fully saturated rings. The summed E-state index contributed by atoms with van der Waals surface area (Å²) in [4.78, 5) is 11.7. The van der Waals surface area contributed by atoms with E-state index in [9.17, 15) is 4.79 Å². The molecule has 0 bridgehead atoms. The largest absolute Gasteiger partial charge is 0.458 e. The van der Waals surface area contributed by atoms with E-state index >= 15 is 0 Å². The van der Waals surface area contributed by atoms with Crippen molar-refractivity contribution in [2.45, 2.75) is 13.8 Å². The zero-order chi connectivity index (χ0) is 10.9. The predicted molar refractivity (Wildman–Crippen MR) is 53.7 cm³/mol. The molecule has 0 atom stereocenters. The fourth-order valence-corrected chi connectivity index (χ4v) is 1.74. The van der Waals surface area contributed by atoms with Crippen LogP contribution in [0.3, 0.4) is 0 Å². The van der Waals surface area contributed by atoms with Gasteiger partial charge in [0.05, 0.1) is 20.7 Å². The summed E-state index contributed by atoms with van der Waals surface area (Å²) in [5.74, 6) is -0.226. The van der Waals surface area contributed by atoms with Crippen LogP contribution in [0.4, 0.5) is 0 Å². The van der Waals surface area contributed by atoms with Crippen molar-refractivity contribution in [3.8, 4) is 0 Å². The van der Waals surface area contributed by atoms with Crippen molar-refractivity contribution in [1.82, 2.24) is 0 Å². The summed E-state index contributed by atoms with van der Waals surface area (Å²) in [7, 11) is 5.85. The van der Waals surface area contributed by atoms with Crippen LogP contribution >= 0.6 is 0 Å². The third kappa shape index (κ3) is 1.70. The van der Waals surface area contributed by atoms with Crippen LogP contribution in [0.5, 0.6) is 0 Å². The Hall–Kier alpha value is -1.16. The monoisotopic (exact) mass is 198 g/mol. The number of likely N-dealkylation sites (N-methyl/N-ethyl adjacent to an activating group) is 1. The molecule has 0 saturated heterocycles. The fraction of sp³-hybridized carbons (Fsp3) is 0.600. The van der Waals surface area contributed by atoms with E-state index < -0.39 is 0 Å². The van der Waals surface area contributed by atoms with Crippen molar-refractivity contribution < 1.29 is 18.6 Å². The van der Waals surface area contributed by atoms with Gasteiger partial charge in [0.1, 0.15) is 7.05 Å². The molecule has 78 valence electrons. The number of hydrogen-bond acceptors (Lipinski definition) is 2. The van der Waals surface area contributed by atoms with Gasteiger partial charge in [-0.05, 0) is 6.92 Å². The molecule has 0 saturated carbocycles. The number of hydrogen-bond donors (Lipinski definition) is 0. The van der Waals surface area contributed by atoms with E-state index in [1.807, 2.05) is 45.9 Å². The van der Waals surface area contributed by atoms with Gasteiger partial charge in [-0.15, -0.1) is 0 Å². The lowest BCUT2D eigenvalue weighted by Crippen LogP contribution is -2.39. The molecule has 0 aromatic heterocycles. The van der Waals surface area contributed by atoms with Crippen LogP contribution in [0.1, 0.15) is 13.8 Å². The number of ether oxygens (including phenoxy) is 1. The number of carbonyl (C=O) groups excluding carboxylic acids is 1. The number of carbonyl (C=O) groups is 1. The topological polar surface area (TPSA) is 29.3 Å². The maximum absolute atomic E-state index is 11.7. The highest BCUT2D eigenvalue weighted by Crippen LogP contribution is 2.21.